The number of carbonyl (C=O) groups is 1. The fraction of sp³-hybridized carbons (Fsp3) is 0.222. The van der Waals surface area contributed by atoms with Gasteiger partial charge in [0.05, 0.1) is 23.4 Å². The molecule has 9 heteroatoms. The number of benzene rings is 1. The molecule has 0 fully saturated rings. The van der Waals surface area contributed by atoms with Crippen molar-refractivity contribution in [1.82, 2.24) is 0 Å². The van der Waals surface area contributed by atoms with Crippen LogP contribution in [-0.2, 0) is 16.0 Å². The molecule has 0 aliphatic heterocycles. The van der Waals surface area contributed by atoms with Crippen molar-refractivity contribution in [1.29, 1.82) is 0 Å². The number of methoxy groups -OCH3 is 1. The summed E-state index contributed by atoms with van der Waals surface area (Å²) in [5, 5.41) is 21.4. The lowest BCUT2D eigenvalue weighted by atomic mass is 10.1. The number of hydrogen-bond acceptors (Lipinski definition) is 6. The van der Waals surface area contributed by atoms with Crippen molar-refractivity contribution in [2.24, 2.45) is 0 Å². The zero-order chi connectivity index (χ0) is 13.9. The van der Waals surface area contributed by atoms with Gasteiger partial charge in [-0.25, -0.2) is 0 Å². The first kappa shape index (κ1) is 13.5. The summed E-state index contributed by atoms with van der Waals surface area (Å²) in [6.45, 7) is 0. The molecule has 0 atom stereocenters. The van der Waals surface area contributed by atoms with Crippen molar-refractivity contribution in [2.45, 2.75) is 6.42 Å². The van der Waals surface area contributed by atoms with E-state index in [-0.39, 0.29) is 0 Å². The highest BCUT2D eigenvalue weighted by atomic mass is 19.1. The van der Waals surface area contributed by atoms with Crippen LogP contribution in [-0.4, -0.2) is 22.9 Å². The maximum Gasteiger partial charge on any atom is 0.315 e. The molecule has 0 aliphatic rings. The highest BCUT2D eigenvalue weighted by molar-refractivity contribution is 5.76. The second kappa shape index (κ2) is 5.17. The molecule has 1 aromatic carbocycles. The fourth-order valence-corrected chi connectivity index (χ4v) is 1.36. The Morgan fingerprint density at radius 3 is 2.39 bits per heavy atom. The zero-order valence-corrected chi connectivity index (χ0v) is 9.08. The zero-order valence-electron chi connectivity index (χ0n) is 9.08. The Morgan fingerprint density at radius 2 is 1.94 bits per heavy atom. The molecule has 0 amide bonds. The summed E-state index contributed by atoms with van der Waals surface area (Å²) < 4.78 is 17.5. The number of hydrogen-bond donors (Lipinski definition) is 0. The number of halogens is 1. The molecule has 0 saturated heterocycles. The third-order valence-corrected chi connectivity index (χ3v) is 2.14. The summed E-state index contributed by atoms with van der Waals surface area (Å²) in [5.41, 5.74) is -2.40. The Balaban J connectivity index is 3.48. The molecule has 0 aromatic heterocycles. The molecule has 0 unspecified atom stereocenters. The van der Waals surface area contributed by atoms with Gasteiger partial charge in [-0.3, -0.25) is 25.0 Å². The van der Waals surface area contributed by atoms with Gasteiger partial charge in [-0.15, -0.1) is 0 Å². The molecule has 0 bridgehead atoms. The molecule has 0 N–H and O–H groups in total. The topological polar surface area (TPSA) is 113 Å². The maximum atomic E-state index is 13.3. The summed E-state index contributed by atoms with van der Waals surface area (Å²) >= 11 is 0. The molecule has 0 heterocycles. The number of ether oxygens (including phenoxy) is 1. The van der Waals surface area contributed by atoms with Crippen LogP contribution in [0.1, 0.15) is 5.56 Å². The van der Waals surface area contributed by atoms with Crippen LogP contribution in [0.2, 0.25) is 0 Å². The van der Waals surface area contributed by atoms with Gasteiger partial charge in [0, 0.05) is 6.07 Å². The number of nitro benzene ring substituents is 2. The van der Waals surface area contributed by atoms with Gasteiger partial charge in [0.25, 0.3) is 5.69 Å². The fourth-order valence-electron chi connectivity index (χ4n) is 1.36. The van der Waals surface area contributed by atoms with Gasteiger partial charge in [-0.2, -0.15) is 4.39 Å². The molecule has 1 aromatic rings. The monoisotopic (exact) mass is 258 g/mol. The van der Waals surface area contributed by atoms with E-state index in [0.29, 0.717) is 6.07 Å². The lowest BCUT2D eigenvalue weighted by Gasteiger charge is -2.03. The van der Waals surface area contributed by atoms with E-state index in [1.807, 2.05) is 0 Å². The van der Waals surface area contributed by atoms with E-state index < -0.39 is 45.0 Å². The molecule has 0 saturated carbocycles. The Hall–Kier alpha value is -2.58. The van der Waals surface area contributed by atoms with Gasteiger partial charge < -0.3 is 4.74 Å². The summed E-state index contributed by atoms with van der Waals surface area (Å²) in [6, 6.07) is 1.37. The van der Waals surface area contributed by atoms with Gasteiger partial charge in [0.1, 0.15) is 5.56 Å². The predicted molar refractivity (Wildman–Crippen MR) is 55.4 cm³/mol. The Labute approximate surface area is 99.3 Å². The van der Waals surface area contributed by atoms with Crippen LogP contribution in [0.25, 0.3) is 0 Å². The van der Waals surface area contributed by atoms with Crippen molar-refractivity contribution in [3.05, 3.63) is 43.7 Å². The molecule has 8 nitrogen and oxygen atoms in total. The third-order valence-electron chi connectivity index (χ3n) is 2.14. The number of nitrogens with zero attached hydrogens (tertiary/aromatic N) is 2. The van der Waals surface area contributed by atoms with E-state index in [1.54, 1.807) is 0 Å². The van der Waals surface area contributed by atoms with E-state index in [2.05, 4.69) is 4.74 Å². The van der Waals surface area contributed by atoms with Crippen LogP contribution in [0.4, 0.5) is 15.8 Å². The second-order valence-corrected chi connectivity index (χ2v) is 3.16. The van der Waals surface area contributed by atoms with E-state index in [1.165, 1.54) is 0 Å². The number of carbonyl (C=O) groups excluding carboxylic acids is 1. The first-order valence-corrected chi connectivity index (χ1v) is 4.55. The third kappa shape index (κ3) is 2.56. The SMILES string of the molecule is COC(=O)Cc1c([N+](=O)[O-])ccc(F)c1[N+](=O)[O-]. The molecule has 0 spiro atoms. The van der Waals surface area contributed by atoms with E-state index in [4.69, 9.17) is 0 Å². The Bertz CT molecular complexity index is 530. The number of esters is 1. The van der Waals surface area contributed by atoms with E-state index in [9.17, 15) is 29.4 Å². The van der Waals surface area contributed by atoms with Crippen LogP contribution in [0.5, 0.6) is 0 Å². The Kier molecular flexibility index (Phi) is 3.87. The van der Waals surface area contributed by atoms with Gasteiger partial charge in [-0.05, 0) is 6.07 Å². The van der Waals surface area contributed by atoms with Crippen LogP contribution in [0.15, 0.2) is 12.1 Å². The maximum absolute atomic E-state index is 13.3. The second-order valence-electron chi connectivity index (χ2n) is 3.16. The Morgan fingerprint density at radius 1 is 1.33 bits per heavy atom. The first-order valence-electron chi connectivity index (χ1n) is 4.55. The summed E-state index contributed by atoms with van der Waals surface area (Å²) in [6.07, 6.45) is -0.749. The molecule has 1 rings (SSSR count). The van der Waals surface area contributed by atoms with Crippen LogP contribution < -0.4 is 0 Å². The van der Waals surface area contributed by atoms with Crippen molar-refractivity contribution < 1.29 is 23.8 Å². The van der Waals surface area contributed by atoms with Crippen LogP contribution in [0.3, 0.4) is 0 Å². The van der Waals surface area contributed by atoms with Crippen molar-refractivity contribution in [2.75, 3.05) is 7.11 Å². The summed E-state index contributed by atoms with van der Waals surface area (Å²) in [4.78, 5) is 30.4. The molecule has 0 aliphatic carbocycles. The minimum Gasteiger partial charge on any atom is -0.469 e. The number of nitro groups is 2. The smallest absolute Gasteiger partial charge is 0.315 e. The lowest BCUT2D eigenvalue weighted by Crippen LogP contribution is -2.10. The summed E-state index contributed by atoms with van der Waals surface area (Å²) in [5.74, 6) is -2.18. The average molecular weight is 258 g/mol. The van der Waals surface area contributed by atoms with Gasteiger partial charge in [0.2, 0.25) is 5.82 Å². The minimum atomic E-state index is -1.25. The van der Waals surface area contributed by atoms with Crippen molar-refractivity contribution >= 4 is 17.3 Å². The highest BCUT2D eigenvalue weighted by Gasteiger charge is 2.30. The molecule has 0 radical (unpaired) electrons. The molecule has 96 valence electrons. The first-order chi connectivity index (χ1) is 8.38. The van der Waals surface area contributed by atoms with Crippen LogP contribution in [0, 0.1) is 26.0 Å². The van der Waals surface area contributed by atoms with Gasteiger partial charge in [0.15, 0.2) is 0 Å². The standard InChI is InChI=1S/C9H7FN2O6/c1-18-8(13)4-5-7(11(14)15)3-2-6(10)9(5)12(16)17/h2-3H,4H2,1H3. The van der Waals surface area contributed by atoms with Crippen LogP contribution >= 0.6 is 0 Å². The lowest BCUT2D eigenvalue weighted by molar-refractivity contribution is -0.397. The van der Waals surface area contributed by atoms with E-state index in [0.717, 1.165) is 13.2 Å². The van der Waals surface area contributed by atoms with Crippen molar-refractivity contribution in [3.8, 4) is 0 Å². The molecule has 18 heavy (non-hydrogen) atoms. The molecular weight excluding hydrogens is 251 g/mol. The summed E-state index contributed by atoms with van der Waals surface area (Å²) in [7, 11) is 1.01. The average Bonchev–Trinajstić information content (AvgIpc) is 2.27. The molecular formula is C9H7FN2O6. The normalized spacial score (nSPS) is 9.89. The predicted octanol–water partition coefficient (Wildman–Crippen LogP) is 1.36. The van der Waals surface area contributed by atoms with Crippen molar-refractivity contribution in [3.63, 3.8) is 0 Å². The largest absolute Gasteiger partial charge is 0.469 e. The quantitative estimate of drug-likeness (QED) is 0.457. The highest BCUT2D eigenvalue weighted by Crippen LogP contribution is 2.31. The minimum absolute atomic E-state index is 0.608. The number of rotatable bonds is 4. The van der Waals surface area contributed by atoms with Gasteiger partial charge in [-0.1, -0.05) is 0 Å². The van der Waals surface area contributed by atoms with E-state index >= 15 is 0 Å². The van der Waals surface area contributed by atoms with Gasteiger partial charge >= 0.3 is 11.7 Å².